The number of aromatic nitrogens is 1. The van der Waals surface area contributed by atoms with E-state index in [4.69, 9.17) is 10.2 Å². The zero-order valence-electron chi connectivity index (χ0n) is 8.97. The molecule has 16 heavy (non-hydrogen) atoms. The molecule has 0 saturated heterocycles. The van der Waals surface area contributed by atoms with Crippen LogP contribution in [0.15, 0.2) is 30.2 Å². The van der Waals surface area contributed by atoms with Gasteiger partial charge in [0.2, 0.25) is 0 Å². The molecule has 0 aliphatic rings. The summed E-state index contributed by atoms with van der Waals surface area (Å²) in [6.45, 7) is 2.74. The van der Waals surface area contributed by atoms with Crippen LogP contribution in [-0.4, -0.2) is 26.9 Å². The summed E-state index contributed by atoms with van der Waals surface area (Å²) in [6.07, 6.45) is 3.59. The van der Waals surface area contributed by atoms with Gasteiger partial charge in [-0.2, -0.15) is 0 Å². The van der Waals surface area contributed by atoms with Crippen LogP contribution in [0, 0.1) is 6.08 Å². The molecule has 0 atom stereocenters. The number of aliphatic hydroxyl groups is 1. The molecule has 0 aliphatic heterocycles. The van der Waals surface area contributed by atoms with Crippen LogP contribution >= 0.6 is 0 Å². The maximum absolute atomic E-state index is 10.1. The molecule has 5 nitrogen and oxygen atoms in total. The van der Waals surface area contributed by atoms with Gasteiger partial charge in [0, 0.05) is 6.20 Å². The Hall–Kier alpha value is -2.17. The van der Waals surface area contributed by atoms with E-state index in [0.29, 0.717) is 0 Å². The molecule has 0 aliphatic carbocycles. The van der Waals surface area contributed by atoms with Crippen LogP contribution < -0.4 is 0 Å². The lowest BCUT2D eigenvalue weighted by Gasteiger charge is -1.98. The molecule has 0 unspecified atom stereocenters. The van der Waals surface area contributed by atoms with Crippen LogP contribution in [0.1, 0.15) is 24.3 Å². The standard InChI is InChI=1S/C6H5NO2.C5H7O2/c8-6(9)5-3-1-2-4-7-5;1-4(6)3-5(2)7/h1-4H,(H,8,9);6H,1-2H3/q;-1. The number of allylic oxidation sites excluding steroid dienone is 2. The lowest BCUT2D eigenvalue weighted by atomic mass is 10.4. The summed E-state index contributed by atoms with van der Waals surface area (Å²) < 4.78 is 0. The molecule has 0 bridgehead atoms. The number of rotatable bonds is 2. The van der Waals surface area contributed by atoms with Crippen LogP contribution in [0.5, 0.6) is 0 Å². The Morgan fingerprint density at radius 1 is 1.25 bits per heavy atom. The molecule has 86 valence electrons. The van der Waals surface area contributed by atoms with Gasteiger partial charge in [0.25, 0.3) is 0 Å². The highest BCUT2D eigenvalue weighted by molar-refractivity contribution is 5.85. The van der Waals surface area contributed by atoms with Crippen LogP contribution in [0.2, 0.25) is 0 Å². The minimum atomic E-state index is -0.990. The number of aromatic carboxylic acids is 1. The number of hydrogen-bond donors (Lipinski definition) is 2. The molecule has 0 fully saturated rings. The van der Waals surface area contributed by atoms with Crippen molar-refractivity contribution < 1.29 is 19.8 Å². The lowest BCUT2D eigenvalue weighted by molar-refractivity contribution is -0.113. The Bertz CT molecular complexity index is 380. The minimum absolute atomic E-state index is 0.0625. The summed E-state index contributed by atoms with van der Waals surface area (Å²) in [4.78, 5) is 23.7. The molecule has 2 N–H and O–H groups in total. The number of carbonyl (C=O) groups excluding carboxylic acids is 1. The molecule has 0 spiro atoms. The second-order valence-corrected chi connectivity index (χ2v) is 2.79. The van der Waals surface area contributed by atoms with Gasteiger partial charge in [0.05, 0.1) is 0 Å². The van der Waals surface area contributed by atoms with E-state index in [9.17, 15) is 9.59 Å². The van der Waals surface area contributed by atoms with E-state index in [1.807, 2.05) is 0 Å². The zero-order valence-corrected chi connectivity index (χ0v) is 8.97. The van der Waals surface area contributed by atoms with Crippen LogP contribution in [0.25, 0.3) is 0 Å². The number of carboxylic acids is 1. The fourth-order valence-corrected chi connectivity index (χ4v) is 0.744. The third-order valence-electron chi connectivity index (χ3n) is 1.24. The Balaban J connectivity index is 0.000000293. The molecule has 0 saturated carbocycles. The molecule has 1 rings (SSSR count). The number of carbonyl (C=O) groups is 2. The summed E-state index contributed by atoms with van der Waals surface area (Å²) in [7, 11) is 0. The van der Waals surface area contributed by atoms with E-state index in [0.717, 1.165) is 0 Å². The molecule has 1 aromatic rings. The van der Waals surface area contributed by atoms with Gasteiger partial charge < -0.3 is 21.1 Å². The predicted molar refractivity (Wildman–Crippen MR) is 56.9 cm³/mol. The van der Waals surface area contributed by atoms with Gasteiger partial charge in [0.1, 0.15) is 5.69 Å². The Kier molecular flexibility index (Phi) is 6.19. The van der Waals surface area contributed by atoms with E-state index in [1.54, 1.807) is 12.1 Å². The molecule has 1 heterocycles. The molecule has 0 aromatic carbocycles. The normalized spacial score (nSPS) is 10.0. The molecule has 1 aromatic heterocycles. The van der Waals surface area contributed by atoms with Crippen molar-refractivity contribution in [3.8, 4) is 0 Å². The van der Waals surface area contributed by atoms with Crippen molar-refractivity contribution in [2.45, 2.75) is 13.8 Å². The third kappa shape index (κ3) is 7.25. The molecular weight excluding hydrogens is 210 g/mol. The van der Waals surface area contributed by atoms with E-state index in [2.05, 4.69) is 11.1 Å². The smallest absolute Gasteiger partial charge is 0.354 e. The van der Waals surface area contributed by atoms with Gasteiger partial charge in [-0.1, -0.05) is 11.8 Å². The predicted octanol–water partition coefficient (Wildman–Crippen LogP) is 1.62. The second-order valence-electron chi connectivity index (χ2n) is 2.79. The van der Waals surface area contributed by atoms with Crippen molar-refractivity contribution in [2.24, 2.45) is 0 Å². The zero-order chi connectivity index (χ0) is 12.6. The molecule has 5 heteroatoms. The van der Waals surface area contributed by atoms with Crippen molar-refractivity contribution in [2.75, 3.05) is 0 Å². The van der Waals surface area contributed by atoms with E-state index >= 15 is 0 Å². The highest BCUT2D eigenvalue weighted by Crippen LogP contribution is 1.90. The molecule has 0 radical (unpaired) electrons. The van der Waals surface area contributed by atoms with Gasteiger partial charge in [0.15, 0.2) is 0 Å². The number of hydrogen-bond acceptors (Lipinski definition) is 4. The van der Waals surface area contributed by atoms with E-state index < -0.39 is 5.97 Å². The molecule has 0 amide bonds. The fraction of sp³-hybridized carbons (Fsp3) is 0.182. The first-order valence-electron chi connectivity index (χ1n) is 4.38. The largest absolute Gasteiger partial charge is 0.549 e. The number of ketones is 1. The van der Waals surface area contributed by atoms with Gasteiger partial charge in [-0.25, -0.2) is 9.78 Å². The summed E-state index contributed by atoms with van der Waals surface area (Å²) >= 11 is 0. The summed E-state index contributed by atoms with van der Waals surface area (Å²) in [5.74, 6) is -1.30. The molecular formula is C11H12NO4-. The number of nitrogens with zero attached hydrogens (tertiary/aromatic N) is 1. The van der Waals surface area contributed by atoms with Gasteiger partial charge in [-0.05, 0) is 31.8 Å². The number of Topliss-reactive ketones (excluding diaryl/α,β-unsaturated/α-hetero) is 1. The van der Waals surface area contributed by atoms with Gasteiger partial charge in [-0.15, -0.1) is 0 Å². The quantitative estimate of drug-likeness (QED) is 0.451. The van der Waals surface area contributed by atoms with E-state index in [1.165, 1.54) is 26.1 Å². The van der Waals surface area contributed by atoms with Crippen LogP contribution in [-0.2, 0) is 4.79 Å². The highest BCUT2D eigenvalue weighted by Gasteiger charge is 1.98. The first-order valence-corrected chi connectivity index (χ1v) is 4.38. The van der Waals surface area contributed by atoms with Crippen LogP contribution in [0.4, 0.5) is 0 Å². The van der Waals surface area contributed by atoms with Gasteiger partial charge >= 0.3 is 5.97 Å². The van der Waals surface area contributed by atoms with Crippen molar-refractivity contribution in [3.05, 3.63) is 41.9 Å². The highest BCUT2D eigenvalue weighted by atomic mass is 16.4. The Labute approximate surface area is 93.1 Å². The maximum atomic E-state index is 10.1. The monoisotopic (exact) mass is 222 g/mol. The lowest BCUT2D eigenvalue weighted by Crippen LogP contribution is -1.97. The maximum Gasteiger partial charge on any atom is 0.354 e. The van der Waals surface area contributed by atoms with Gasteiger partial charge in [-0.3, -0.25) is 0 Å². The average Bonchev–Trinajstić information content (AvgIpc) is 2.17. The SMILES string of the molecule is CC(=O)[C-]=C(C)O.O=C(O)c1ccccn1. The first-order chi connectivity index (χ1) is 7.43. The van der Waals surface area contributed by atoms with Crippen LogP contribution in [0.3, 0.4) is 0 Å². The van der Waals surface area contributed by atoms with Crippen molar-refractivity contribution in [1.29, 1.82) is 0 Å². The summed E-state index contributed by atoms with van der Waals surface area (Å²) in [6, 6.07) is 4.76. The Morgan fingerprint density at radius 3 is 2.06 bits per heavy atom. The number of aliphatic hydroxyl groups excluding tert-OH is 1. The third-order valence-corrected chi connectivity index (χ3v) is 1.24. The number of pyridine rings is 1. The fourth-order valence-electron chi connectivity index (χ4n) is 0.744. The second kappa shape index (κ2) is 7.17. The number of carboxylic acid groups (broad SMARTS) is 1. The minimum Gasteiger partial charge on any atom is -0.549 e. The topological polar surface area (TPSA) is 87.5 Å². The summed E-state index contributed by atoms with van der Waals surface area (Å²) in [5.41, 5.74) is 0.0810. The van der Waals surface area contributed by atoms with E-state index in [-0.39, 0.29) is 17.2 Å². The van der Waals surface area contributed by atoms with Crippen molar-refractivity contribution in [3.63, 3.8) is 0 Å². The Morgan fingerprint density at radius 2 is 1.88 bits per heavy atom. The summed E-state index contributed by atoms with van der Waals surface area (Å²) in [5, 5.41) is 16.6. The van der Waals surface area contributed by atoms with Crippen molar-refractivity contribution in [1.82, 2.24) is 4.98 Å². The average molecular weight is 222 g/mol. The van der Waals surface area contributed by atoms with Crippen molar-refractivity contribution >= 4 is 11.8 Å². The first kappa shape index (κ1) is 13.8.